The quantitative estimate of drug-likeness (QED) is 0.618. The Labute approximate surface area is 154 Å². The van der Waals surface area contributed by atoms with E-state index in [1.54, 1.807) is 38.1 Å². The number of aromatic nitrogens is 2. The van der Waals surface area contributed by atoms with Crippen LogP contribution < -0.4 is 10.9 Å². The van der Waals surface area contributed by atoms with Crippen LogP contribution in [-0.4, -0.2) is 40.8 Å². The first-order chi connectivity index (χ1) is 12.9. The van der Waals surface area contributed by atoms with Gasteiger partial charge in [-0.15, -0.1) is 0 Å². The number of anilines is 1. The zero-order chi connectivity index (χ0) is 20.0. The van der Waals surface area contributed by atoms with Crippen molar-refractivity contribution in [2.45, 2.75) is 20.8 Å². The third-order valence-corrected chi connectivity index (χ3v) is 3.39. The van der Waals surface area contributed by atoms with E-state index in [-0.39, 0.29) is 24.6 Å². The lowest BCUT2D eigenvalue weighted by molar-refractivity contribution is -0.152. The zero-order valence-corrected chi connectivity index (χ0v) is 15.1. The van der Waals surface area contributed by atoms with Crippen molar-refractivity contribution in [1.82, 2.24) is 9.78 Å². The van der Waals surface area contributed by atoms with E-state index in [0.29, 0.717) is 5.69 Å². The Kier molecular flexibility index (Phi) is 6.42. The summed E-state index contributed by atoms with van der Waals surface area (Å²) >= 11 is 0. The maximum atomic E-state index is 12.4. The molecule has 2 rings (SSSR count). The molecule has 27 heavy (non-hydrogen) atoms. The van der Waals surface area contributed by atoms with Crippen molar-refractivity contribution >= 4 is 23.5 Å². The molecule has 1 amide bonds. The highest BCUT2D eigenvalue weighted by atomic mass is 16.5. The van der Waals surface area contributed by atoms with Crippen molar-refractivity contribution in [3.8, 4) is 5.69 Å². The molecular formula is C18H19N3O6. The summed E-state index contributed by atoms with van der Waals surface area (Å²) in [7, 11) is 0. The van der Waals surface area contributed by atoms with Crippen molar-refractivity contribution in [1.29, 1.82) is 0 Å². The van der Waals surface area contributed by atoms with Crippen molar-refractivity contribution in [2.24, 2.45) is 0 Å². The number of carbonyl (C=O) groups is 3. The van der Waals surface area contributed by atoms with Crippen LogP contribution in [0.15, 0.2) is 35.1 Å². The number of carbonyl (C=O) groups excluding carboxylic acids is 3. The van der Waals surface area contributed by atoms with Gasteiger partial charge in [-0.3, -0.25) is 9.59 Å². The van der Waals surface area contributed by atoms with E-state index in [4.69, 9.17) is 4.74 Å². The van der Waals surface area contributed by atoms with Gasteiger partial charge < -0.3 is 14.8 Å². The molecule has 142 valence electrons. The highest BCUT2D eigenvalue weighted by Crippen LogP contribution is 2.14. The summed E-state index contributed by atoms with van der Waals surface area (Å²) in [5.41, 5.74) is 0.260. The van der Waals surface area contributed by atoms with Crippen LogP contribution in [0.2, 0.25) is 0 Å². The average molecular weight is 373 g/mol. The Morgan fingerprint density at radius 2 is 1.70 bits per heavy atom. The van der Waals surface area contributed by atoms with Crippen molar-refractivity contribution < 1.29 is 23.9 Å². The van der Waals surface area contributed by atoms with Gasteiger partial charge in [-0.05, 0) is 32.9 Å². The van der Waals surface area contributed by atoms with Crippen molar-refractivity contribution in [3.05, 3.63) is 51.9 Å². The number of rotatable bonds is 5. The molecule has 2 aromatic rings. The fourth-order valence-corrected chi connectivity index (χ4v) is 2.14. The maximum Gasteiger partial charge on any atom is 0.397 e. The molecule has 1 aromatic heterocycles. The topological polar surface area (TPSA) is 117 Å². The Morgan fingerprint density at radius 3 is 2.30 bits per heavy atom. The number of nitrogens with one attached hydrogen (secondary N) is 1. The van der Waals surface area contributed by atoms with Crippen LogP contribution >= 0.6 is 0 Å². The zero-order valence-electron chi connectivity index (χ0n) is 15.1. The fourth-order valence-electron chi connectivity index (χ4n) is 2.14. The van der Waals surface area contributed by atoms with Gasteiger partial charge in [0, 0.05) is 6.07 Å². The van der Waals surface area contributed by atoms with E-state index in [0.717, 1.165) is 16.3 Å². The standard InChI is InChI=1S/C18H19N3O6/c1-4-26-17(24)15-13(19-16(23)18(25)27-5-2)10-14(22)21(20-15)12-8-6-11(3)7-9-12/h6-10H,4-5H2,1-3H3,(H,19,23). The van der Waals surface area contributed by atoms with Gasteiger partial charge in [0.2, 0.25) is 0 Å². The molecule has 0 saturated heterocycles. The smallest absolute Gasteiger partial charge is 0.397 e. The predicted molar refractivity (Wildman–Crippen MR) is 95.8 cm³/mol. The van der Waals surface area contributed by atoms with Crippen LogP contribution in [0.25, 0.3) is 5.69 Å². The molecule has 0 spiro atoms. The summed E-state index contributed by atoms with van der Waals surface area (Å²) in [6, 6.07) is 7.88. The van der Waals surface area contributed by atoms with Gasteiger partial charge in [-0.25, -0.2) is 9.59 Å². The van der Waals surface area contributed by atoms with Gasteiger partial charge >= 0.3 is 17.8 Å². The van der Waals surface area contributed by atoms with Crippen LogP contribution in [0.5, 0.6) is 0 Å². The first kappa shape index (κ1) is 19.8. The van der Waals surface area contributed by atoms with E-state index < -0.39 is 23.4 Å². The number of benzene rings is 1. The van der Waals surface area contributed by atoms with Gasteiger partial charge in [0.1, 0.15) is 0 Å². The molecule has 0 aliphatic rings. The van der Waals surface area contributed by atoms with Gasteiger partial charge in [-0.1, -0.05) is 17.7 Å². The number of esters is 2. The van der Waals surface area contributed by atoms with Gasteiger partial charge in [0.15, 0.2) is 5.69 Å². The van der Waals surface area contributed by atoms with Crippen LogP contribution in [0, 0.1) is 6.92 Å². The van der Waals surface area contributed by atoms with E-state index in [2.05, 4.69) is 15.2 Å². The summed E-state index contributed by atoms with van der Waals surface area (Å²) in [6.45, 7) is 5.10. The second-order valence-electron chi connectivity index (χ2n) is 5.39. The molecule has 0 saturated carbocycles. The second-order valence-corrected chi connectivity index (χ2v) is 5.39. The molecule has 0 radical (unpaired) electrons. The predicted octanol–water partition coefficient (Wildman–Crippen LogP) is 1.22. The Morgan fingerprint density at radius 1 is 1.07 bits per heavy atom. The third kappa shape index (κ3) is 4.78. The van der Waals surface area contributed by atoms with Crippen molar-refractivity contribution in [3.63, 3.8) is 0 Å². The monoisotopic (exact) mass is 373 g/mol. The largest absolute Gasteiger partial charge is 0.461 e. The summed E-state index contributed by atoms with van der Waals surface area (Å²) < 4.78 is 10.5. The Hall–Kier alpha value is -3.49. The molecule has 1 aromatic carbocycles. The number of hydrogen-bond acceptors (Lipinski definition) is 7. The number of amides is 1. The lowest BCUT2D eigenvalue weighted by Crippen LogP contribution is -2.30. The molecule has 0 aliphatic heterocycles. The number of aryl methyl sites for hydroxylation is 1. The first-order valence-corrected chi connectivity index (χ1v) is 8.24. The minimum absolute atomic E-state index is 0.00422. The molecule has 9 nitrogen and oxygen atoms in total. The minimum Gasteiger partial charge on any atom is -0.461 e. The van der Waals surface area contributed by atoms with Crippen LogP contribution in [0.4, 0.5) is 5.69 Å². The maximum absolute atomic E-state index is 12.4. The molecular weight excluding hydrogens is 354 g/mol. The summed E-state index contributed by atoms with van der Waals surface area (Å²) in [5, 5.41) is 6.18. The van der Waals surface area contributed by atoms with Gasteiger partial charge in [-0.2, -0.15) is 9.78 Å². The van der Waals surface area contributed by atoms with E-state index >= 15 is 0 Å². The molecule has 0 fully saturated rings. The molecule has 0 atom stereocenters. The fraction of sp³-hybridized carbons (Fsp3) is 0.278. The van der Waals surface area contributed by atoms with Crippen LogP contribution in [-0.2, 0) is 19.1 Å². The summed E-state index contributed by atoms with van der Waals surface area (Å²) in [4.78, 5) is 48.0. The second kappa shape index (κ2) is 8.75. The summed E-state index contributed by atoms with van der Waals surface area (Å²) in [6.07, 6.45) is 0. The minimum atomic E-state index is -1.14. The summed E-state index contributed by atoms with van der Waals surface area (Å²) in [5.74, 6) is -3.12. The average Bonchev–Trinajstić information content (AvgIpc) is 2.63. The highest BCUT2D eigenvalue weighted by Gasteiger charge is 2.23. The lowest BCUT2D eigenvalue weighted by atomic mass is 10.2. The molecule has 1 heterocycles. The molecule has 0 bridgehead atoms. The Bertz CT molecular complexity index is 918. The van der Waals surface area contributed by atoms with E-state index in [1.807, 2.05) is 6.92 Å². The van der Waals surface area contributed by atoms with Gasteiger partial charge in [0.05, 0.1) is 24.6 Å². The van der Waals surface area contributed by atoms with Crippen molar-refractivity contribution in [2.75, 3.05) is 18.5 Å². The van der Waals surface area contributed by atoms with Gasteiger partial charge in [0.25, 0.3) is 5.56 Å². The molecule has 9 heteroatoms. The Balaban J connectivity index is 2.50. The number of hydrogen-bond donors (Lipinski definition) is 1. The lowest BCUT2D eigenvalue weighted by Gasteiger charge is -2.12. The molecule has 0 unspecified atom stereocenters. The van der Waals surface area contributed by atoms with Crippen LogP contribution in [0.1, 0.15) is 29.9 Å². The third-order valence-electron chi connectivity index (χ3n) is 3.39. The molecule has 0 aliphatic carbocycles. The van der Waals surface area contributed by atoms with E-state index in [9.17, 15) is 19.2 Å². The highest BCUT2D eigenvalue weighted by molar-refractivity contribution is 6.37. The van der Waals surface area contributed by atoms with Crippen LogP contribution in [0.3, 0.4) is 0 Å². The van der Waals surface area contributed by atoms with E-state index in [1.165, 1.54) is 0 Å². The SMILES string of the molecule is CCOC(=O)C(=O)Nc1cc(=O)n(-c2ccc(C)cc2)nc1C(=O)OCC. The normalized spacial score (nSPS) is 10.2. The number of nitrogens with zero attached hydrogens (tertiary/aromatic N) is 2. The first-order valence-electron chi connectivity index (χ1n) is 8.24. The number of ether oxygens (including phenoxy) is 2. The molecule has 1 N–H and O–H groups in total.